The van der Waals surface area contributed by atoms with Crippen molar-refractivity contribution in [1.82, 2.24) is 10.6 Å². The third-order valence-corrected chi connectivity index (χ3v) is 2.92. The summed E-state index contributed by atoms with van der Waals surface area (Å²) in [5.41, 5.74) is 0.204. The number of rotatable bonds is 0. The molecule has 1 heterocycles. The van der Waals surface area contributed by atoms with Gasteiger partial charge in [-0.25, -0.2) is 0 Å². The average Bonchev–Trinajstić information content (AvgIpc) is 2.34. The highest BCUT2D eigenvalue weighted by Gasteiger charge is 2.35. The summed E-state index contributed by atoms with van der Waals surface area (Å²) >= 11 is 5.10. The Labute approximate surface area is 72.7 Å². The number of thiocarbonyl (C=S) groups is 1. The number of hydrogen-bond donors (Lipinski definition) is 2. The zero-order valence-corrected chi connectivity index (χ0v) is 7.47. The summed E-state index contributed by atoms with van der Waals surface area (Å²) in [7, 11) is 0. The molecule has 1 aliphatic carbocycles. The maximum Gasteiger partial charge on any atom is 0.0908 e. The molecule has 3 heteroatoms. The molecule has 11 heavy (non-hydrogen) atoms. The van der Waals surface area contributed by atoms with E-state index in [0.29, 0.717) is 0 Å². The van der Waals surface area contributed by atoms with Crippen molar-refractivity contribution in [2.75, 3.05) is 6.54 Å². The highest BCUT2D eigenvalue weighted by molar-refractivity contribution is 7.80. The standard InChI is InChI=1S/C8H14N2S/c11-7-6-9-8(10-7)4-2-1-3-5-8/h9H,1-6H2,(H,10,11). The first-order valence-electron chi connectivity index (χ1n) is 4.37. The lowest BCUT2D eigenvalue weighted by Crippen LogP contribution is -2.50. The van der Waals surface area contributed by atoms with Crippen LogP contribution in [0.4, 0.5) is 0 Å². The minimum Gasteiger partial charge on any atom is -0.361 e. The average molecular weight is 170 g/mol. The minimum absolute atomic E-state index is 0.204. The smallest absolute Gasteiger partial charge is 0.0908 e. The second kappa shape index (κ2) is 2.72. The fourth-order valence-corrected chi connectivity index (χ4v) is 2.33. The van der Waals surface area contributed by atoms with Crippen LogP contribution in [0.2, 0.25) is 0 Å². The Morgan fingerprint density at radius 1 is 1.18 bits per heavy atom. The lowest BCUT2D eigenvalue weighted by atomic mass is 9.90. The zero-order valence-electron chi connectivity index (χ0n) is 6.65. The predicted molar refractivity (Wildman–Crippen MR) is 49.6 cm³/mol. The van der Waals surface area contributed by atoms with E-state index < -0.39 is 0 Å². The van der Waals surface area contributed by atoms with Crippen LogP contribution >= 0.6 is 12.2 Å². The molecule has 0 radical (unpaired) electrons. The summed E-state index contributed by atoms with van der Waals surface area (Å²) in [6, 6.07) is 0. The second-order valence-electron chi connectivity index (χ2n) is 3.54. The number of hydrogen-bond acceptors (Lipinski definition) is 2. The topological polar surface area (TPSA) is 24.1 Å². The van der Waals surface area contributed by atoms with E-state index in [4.69, 9.17) is 12.2 Å². The van der Waals surface area contributed by atoms with Crippen LogP contribution in [0.15, 0.2) is 0 Å². The highest BCUT2D eigenvalue weighted by atomic mass is 32.1. The van der Waals surface area contributed by atoms with Crippen LogP contribution in [0.3, 0.4) is 0 Å². The van der Waals surface area contributed by atoms with Crippen molar-refractivity contribution >= 4 is 17.2 Å². The molecule has 1 spiro atoms. The zero-order chi connectivity index (χ0) is 7.73. The monoisotopic (exact) mass is 170 g/mol. The summed E-state index contributed by atoms with van der Waals surface area (Å²) < 4.78 is 0. The molecule has 2 N–H and O–H groups in total. The quantitative estimate of drug-likeness (QED) is 0.534. The third-order valence-electron chi connectivity index (χ3n) is 2.67. The van der Waals surface area contributed by atoms with E-state index in [-0.39, 0.29) is 5.66 Å². The van der Waals surface area contributed by atoms with Gasteiger partial charge < -0.3 is 5.32 Å². The van der Waals surface area contributed by atoms with Crippen molar-refractivity contribution in [3.05, 3.63) is 0 Å². The van der Waals surface area contributed by atoms with Gasteiger partial charge in [0.2, 0.25) is 0 Å². The Morgan fingerprint density at radius 2 is 1.91 bits per heavy atom. The molecule has 0 bridgehead atoms. The molecule has 1 saturated carbocycles. The molecule has 1 aliphatic heterocycles. The molecule has 0 aromatic heterocycles. The molecule has 0 aromatic rings. The largest absolute Gasteiger partial charge is 0.361 e. The van der Waals surface area contributed by atoms with Crippen molar-refractivity contribution in [2.24, 2.45) is 0 Å². The van der Waals surface area contributed by atoms with E-state index in [1.165, 1.54) is 32.1 Å². The Balaban J connectivity index is 2.03. The Hall–Kier alpha value is -0.150. The normalized spacial score (nSPS) is 28.9. The van der Waals surface area contributed by atoms with Crippen LogP contribution in [0.5, 0.6) is 0 Å². The van der Waals surface area contributed by atoms with E-state index in [1.54, 1.807) is 0 Å². The lowest BCUT2D eigenvalue weighted by Gasteiger charge is -2.33. The molecule has 2 fully saturated rings. The van der Waals surface area contributed by atoms with Crippen LogP contribution in [-0.4, -0.2) is 17.2 Å². The molecule has 2 rings (SSSR count). The molecule has 0 atom stereocenters. The Morgan fingerprint density at radius 3 is 2.45 bits per heavy atom. The number of nitrogens with one attached hydrogen (secondary N) is 2. The summed E-state index contributed by atoms with van der Waals surface area (Å²) in [6.45, 7) is 0.884. The summed E-state index contributed by atoms with van der Waals surface area (Å²) in [5, 5.41) is 6.86. The second-order valence-corrected chi connectivity index (χ2v) is 4.04. The summed E-state index contributed by atoms with van der Waals surface area (Å²) in [4.78, 5) is 0.993. The molecule has 0 amide bonds. The van der Waals surface area contributed by atoms with Gasteiger partial charge >= 0.3 is 0 Å². The summed E-state index contributed by atoms with van der Waals surface area (Å²) in [5.74, 6) is 0. The van der Waals surface area contributed by atoms with Gasteiger partial charge in [-0.3, -0.25) is 5.32 Å². The third kappa shape index (κ3) is 1.40. The van der Waals surface area contributed by atoms with Gasteiger partial charge in [-0.1, -0.05) is 18.6 Å². The van der Waals surface area contributed by atoms with E-state index in [9.17, 15) is 0 Å². The fraction of sp³-hybridized carbons (Fsp3) is 0.875. The molecule has 0 aromatic carbocycles. The Kier molecular flexibility index (Phi) is 1.85. The fourth-order valence-electron chi connectivity index (χ4n) is 2.06. The van der Waals surface area contributed by atoms with Crippen LogP contribution in [0.1, 0.15) is 32.1 Å². The van der Waals surface area contributed by atoms with Crippen LogP contribution in [-0.2, 0) is 0 Å². The first-order valence-corrected chi connectivity index (χ1v) is 4.78. The first-order chi connectivity index (χ1) is 5.31. The van der Waals surface area contributed by atoms with Gasteiger partial charge in [0.05, 0.1) is 10.7 Å². The van der Waals surface area contributed by atoms with E-state index in [1.807, 2.05) is 0 Å². The van der Waals surface area contributed by atoms with Gasteiger partial charge in [0, 0.05) is 6.54 Å². The molecule has 62 valence electrons. The summed E-state index contributed by atoms with van der Waals surface area (Å²) in [6.07, 6.45) is 6.55. The molecular formula is C8H14N2S. The van der Waals surface area contributed by atoms with Crippen LogP contribution in [0, 0.1) is 0 Å². The highest BCUT2D eigenvalue weighted by Crippen LogP contribution is 2.27. The predicted octanol–water partition coefficient (Wildman–Crippen LogP) is 1.17. The first kappa shape index (κ1) is 7.50. The Bertz CT molecular complexity index is 173. The van der Waals surface area contributed by atoms with Gasteiger partial charge in [0.1, 0.15) is 0 Å². The lowest BCUT2D eigenvalue weighted by molar-refractivity contribution is 0.243. The van der Waals surface area contributed by atoms with Gasteiger partial charge in [-0.2, -0.15) is 0 Å². The van der Waals surface area contributed by atoms with Crippen LogP contribution < -0.4 is 10.6 Å². The van der Waals surface area contributed by atoms with Gasteiger partial charge in [-0.15, -0.1) is 0 Å². The molecule has 2 nitrogen and oxygen atoms in total. The van der Waals surface area contributed by atoms with E-state index in [2.05, 4.69) is 10.6 Å². The van der Waals surface area contributed by atoms with Gasteiger partial charge in [0.25, 0.3) is 0 Å². The van der Waals surface area contributed by atoms with Crippen LogP contribution in [0.25, 0.3) is 0 Å². The van der Waals surface area contributed by atoms with Gasteiger partial charge in [-0.05, 0) is 25.7 Å². The maximum atomic E-state index is 5.10. The van der Waals surface area contributed by atoms with Crippen molar-refractivity contribution in [2.45, 2.75) is 37.8 Å². The van der Waals surface area contributed by atoms with E-state index in [0.717, 1.165) is 11.5 Å². The van der Waals surface area contributed by atoms with E-state index >= 15 is 0 Å². The molecular weight excluding hydrogens is 156 g/mol. The van der Waals surface area contributed by atoms with Gasteiger partial charge in [0.15, 0.2) is 0 Å². The van der Waals surface area contributed by atoms with Crippen molar-refractivity contribution in [3.63, 3.8) is 0 Å². The molecule has 2 aliphatic rings. The molecule has 1 saturated heterocycles. The van der Waals surface area contributed by atoms with Crippen molar-refractivity contribution in [3.8, 4) is 0 Å². The SMILES string of the molecule is S=C1CNC2(CCCCC2)N1. The molecule has 0 unspecified atom stereocenters. The van der Waals surface area contributed by atoms with Crippen molar-refractivity contribution < 1.29 is 0 Å². The minimum atomic E-state index is 0.204. The van der Waals surface area contributed by atoms with Crippen molar-refractivity contribution in [1.29, 1.82) is 0 Å². The maximum absolute atomic E-state index is 5.10.